The number of methoxy groups -OCH3 is 1. The first-order chi connectivity index (χ1) is 10.1. The van der Waals surface area contributed by atoms with Crippen molar-refractivity contribution in [1.82, 2.24) is 0 Å². The summed E-state index contributed by atoms with van der Waals surface area (Å²) >= 11 is 1.59. The van der Waals surface area contributed by atoms with E-state index in [1.807, 2.05) is 17.5 Å². The molecule has 21 heavy (non-hydrogen) atoms. The van der Waals surface area contributed by atoms with Gasteiger partial charge in [0, 0.05) is 11.3 Å². The average molecular weight is 305 g/mol. The average Bonchev–Trinajstić information content (AvgIpc) is 2.98. The monoisotopic (exact) mass is 305 g/mol. The molecule has 6 heteroatoms. The number of nitrogens with one attached hydrogen (secondary N) is 1. The summed E-state index contributed by atoms with van der Waals surface area (Å²) in [6.07, 6.45) is 0.952. The Hall–Kier alpha value is -2.34. The molecule has 0 atom stereocenters. The van der Waals surface area contributed by atoms with E-state index in [4.69, 9.17) is 4.74 Å². The number of carbonyl (C=O) groups is 2. The molecular weight excluding hydrogens is 290 g/mol. The van der Waals surface area contributed by atoms with Crippen molar-refractivity contribution >= 4 is 28.9 Å². The summed E-state index contributed by atoms with van der Waals surface area (Å²) in [4.78, 5) is 24.2. The van der Waals surface area contributed by atoms with Crippen molar-refractivity contribution in [3.05, 3.63) is 46.2 Å². The number of carbonyl (C=O) groups excluding carboxylic acids is 1. The van der Waals surface area contributed by atoms with Gasteiger partial charge in [-0.15, -0.1) is 11.3 Å². The lowest BCUT2D eigenvalue weighted by Gasteiger charge is -2.10. The van der Waals surface area contributed by atoms with E-state index in [1.54, 1.807) is 17.4 Å². The predicted molar refractivity (Wildman–Crippen MR) is 81.2 cm³/mol. The number of rotatable bonds is 6. The molecule has 1 aromatic heterocycles. The number of aromatic carboxylic acids is 1. The lowest BCUT2D eigenvalue weighted by atomic mass is 10.1. The maximum absolute atomic E-state index is 11.9. The van der Waals surface area contributed by atoms with Crippen LogP contribution in [0, 0.1) is 0 Å². The van der Waals surface area contributed by atoms with E-state index in [0.717, 1.165) is 4.88 Å². The molecule has 0 spiro atoms. The standard InChI is InChI=1S/C15H15NO4S/c1-20-10-4-6-13(12(9-10)15(18)19)16-14(17)7-5-11-3-2-8-21-11/h2-4,6,8-9H,5,7H2,1H3,(H,16,17)(H,18,19). The van der Waals surface area contributed by atoms with Crippen molar-refractivity contribution in [3.8, 4) is 5.75 Å². The van der Waals surface area contributed by atoms with Crippen LogP contribution in [0.1, 0.15) is 21.7 Å². The van der Waals surface area contributed by atoms with Crippen molar-refractivity contribution in [2.45, 2.75) is 12.8 Å². The van der Waals surface area contributed by atoms with E-state index < -0.39 is 5.97 Å². The fourth-order valence-electron chi connectivity index (χ4n) is 1.84. The van der Waals surface area contributed by atoms with Gasteiger partial charge in [-0.1, -0.05) is 6.07 Å². The molecule has 0 bridgehead atoms. The Morgan fingerprint density at radius 2 is 2.14 bits per heavy atom. The molecule has 0 radical (unpaired) electrons. The second-order valence-corrected chi connectivity index (χ2v) is 5.38. The molecule has 0 aliphatic rings. The summed E-state index contributed by atoms with van der Waals surface area (Å²) in [5.41, 5.74) is 0.290. The maximum Gasteiger partial charge on any atom is 0.337 e. The van der Waals surface area contributed by atoms with Crippen molar-refractivity contribution < 1.29 is 19.4 Å². The van der Waals surface area contributed by atoms with Crippen LogP contribution in [-0.4, -0.2) is 24.1 Å². The SMILES string of the molecule is COc1ccc(NC(=O)CCc2cccs2)c(C(=O)O)c1. The van der Waals surface area contributed by atoms with Crippen LogP contribution in [0.5, 0.6) is 5.75 Å². The number of thiophene rings is 1. The second-order valence-electron chi connectivity index (χ2n) is 4.34. The zero-order chi connectivity index (χ0) is 15.2. The van der Waals surface area contributed by atoms with Crippen molar-refractivity contribution in [2.24, 2.45) is 0 Å². The van der Waals surface area contributed by atoms with Crippen molar-refractivity contribution in [3.63, 3.8) is 0 Å². The third-order valence-corrected chi connectivity index (χ3v) is 3.85. The number of aryl methyl sites for hydroxylation is 1. The Morgan fingerprint density at radius 3 is 2.76 bits per heavy atom. The summed E-state index contributed by atoms with van der Waals surface area (Å²) in [5, 5.41) is 13.8. The molecule has 0 fully saturated rings. The molecule has 2 N–H and O–H groups in total. The number of hydrogen-bond donors (Lipinski definition) is 2. The lowest BCUT2D eigenvalue weighted by Crippen LogP contribution is -2.15. The van der Waals surface area contributed by atoms with Gasteiger partial charge in [-0.3, -0.25) is 4.79 Å². The molecule has 0 saturated carbocycles. The fourth-order valence-corrected chi connectivity index (χ4v) is 2.55. The molecule has 0 aliphatic carbocycles. The Bertz CT molecular complexity index is 637. The summed E-state index contributed by atoms with van der Waals surface area (Å²) in [6, 6.07) is 8.43. The van der Waals surface area contributed by atoms with Gasteiger partial charge in [-0.05, 0) is 36.1 Å². The second kappa shape index (κ2) is 6.90. The number of benzene rings is 1. The molecular formula is C15H15NO4S. The van der Waals surface area contributed by atoms with Crippen LogP contribution in [0.25, 0.3) is 0 Å². The number of ether oxygens (including phenoxy) is 1. The topological polar surface area (TPSA) is 75.6 Å². The first-order valence-corrected chi connectivity index (χ1v) is 7.21. The largest absolute Gasteiger partial charge is 0.497 e. The van der Waals surface area contributed by atoms with E-state index in [-0.39, 0.29) is 17.2 Å². The minimum Gasteiger partial charge on any atom is -0.497 e. The molecule has 2 aromatic rings. The van der Waals surface area contributed by atoms with Gasteiger partial charge in [0.1, 0.15) is 5.75 Å². The van der Waals surface area contributed by atoms with E-state index in [2.05, 4.69) is 5.32 Å². The van der Waals surface area contributed by atoms with Crippen LogP contribution in [0.4, 0.5) is 5.69 Å². The molecule has 5 nitrogen and oxygen atoms in total. The minimum atomic E-state index is -1.11. The third kappa shape index (κ3) is 4.06. The molecule has 2 rings (SSSR count). The first kappa shape index (κ1) is 15.1. The van der Waals surface area contributed by atoms with Crippen molar-refractivity contribution in [2.75, 3.05) is 12.4 Å². The van der Waals surface area contributed by atoms with Crippen LogP contribution in [0.3, 0.4) is 0 Å². The smallest absolute Gasteiger partial charge is 0.337 e. The Morgan fingerprint density at radius 1 is 1.33 bits per heavy atom. The molecule has 1 aromatic carbocycles. The van der Waals surface area contributed by atoms with Gasteiger partial charge in [0.05, 0.1) is 18.4 Å². The van der Waals surface area contributed by atoms with E-state index in [0.29, 0.717) is 18.6 Å². The van der Waals surface area contributed by atoms with Crippen molar-refractivity contribution in [1.29, 1.82) is 0 Å². The fraction of sp³-hybridized carbons (Fsp3) is 0.200. The predicted octanol–water partition coefficient (Wildman–Crippen LogP) is 3.03. The van der Waals surface area contributed by atoms with E-state index >= 15 is 0 Å². The van der Waals surface area contributed by atoms with Crippen LogP contribution in [0.15, 0.2) is 35.7 Å². The molecule has 0 aliphatic heterocycles. The van der Waals surface area contributed by atoms with Gasteiger partial charge in [0.2, 0.25) is 5.91 Å². The summed E-state index contributed by atoms with van der Waals surface area (Å²) in [6.45, 7) is 0. The summed E-state index contributed by atoms with van der Waals surface area (Å²) < 4.78 is 4.99. The molecule has 1 amide bonds. The Labute approximate surface area is 126 Å². The highest BCUT2D eigenvalue weighted by Gasteiger charge is 2.14. The van der Waals surface area contributed by atoms with Gasteiger partial charge in [-0.25, -0.2) is 4.79 Å². The van der Waals surface area contributed by atoms with Crippen LogP contribution in [0.2, 0.25) is 0 Å². The zero-order valence-corrected chi connectivity index (χ0v) is 12.3. The van der Waals surface area contributed by atoms with Gasteiger partial charge in [0.25, 0.3) is 0 Å². The van der Waals surface area contributed by atoms with E-state index in [9.17, 15) is 14.7 Å². The summed E-state index contributed by atoms with van der Waals surface area (Å²) in [7, 11) is 1.46. The first-order valence-electron chi connectivity index (χ1n) is 6.33. The van der Waals surface area contributed by atoms with Crippen LogP contribution >= 0.6 is 11.3 Å². The molecule has 0 unspecified atom stereocenters. The highest BCUT2D eigenvalue weighted by atomic mass is 32.1. The Balaban J connectivity index is 2.04. The number of carboxylic acid groups (broad SMARTS) is 1. The van der Waals surface area contributed by atoms with Gasteiger partial charge >= 0.3 is 5.97 Å². The molecule has 110 valence electrons. The zero-order valence-electron chi connectivity index (χ0n) is 11.5. The van der Waals surface area contributed by atoms with Crippen LogP contribution < -0.4 is 10.1 Å². The normalized spacial score (nSPS) is 10.1. The van der Waals surface area contributed by atoms with E-state index in [1.165, 1.54) is 19.2 Å². The van der Waals surface area contributed by atoms with Gasteiger partial charge < -0.3 is 15.2 Å². The van der Waals surface area contributed by atoms with Crippen LogP contribution in [-0.2, 0) is 11.2 Å². The number of hydrogen-bond acceptors (Lipinski definition) is 4. The third-order valence-electron chi connectivity index (χ3n) is 2.91. The minimum absolute atomic E-state index is 0.0128. The number of amides is 1. The van der Waals surface area contributed by atoms with Gasteiger partial charge in [-0.2, -0.15) is 0 Å². The molecule has 1 heterocycles. The number of carboxylic acids is 1. The highest BCUT2D eigenvalue weighted by Crippen LogP contribution is 2.22. The maximum atomic E-state index is 11.9. The Kier molecular flexibility index (Phi) is 4.94. The summed E-state index contributed by atoms with van der Waals surface area (Å²) in [5.74, 6) is -0.887. The lowest BCUT2D eigenvalue weighted by molar-refractivity contribution is -0.116. The highest BCUT2D eigenvalue weighted by molar-refractivity contribution is 7.09. The molecule has 0 saturated heterocycles. The quantitative estimate of drug-likeness (QED) is 0.860. The number of anilines is 1. The van der Waals surface area contributed by atoms with Gasteiger partial charge in [0.15, 0.2) is 0 Å².